The lowest BCUT2D eigenvalue weighted by Crippen LogP contribution is -2.33. The zero-order chi connectivity index (χ0) is 11.1. The molecule has 0 radical (unpaired) electrons. The molecular formula is C11H10BrNO2. The molecule has 78 valence electrons. The fourth-order valence-electron chi connectivity index (χ4n) is 1.73. The summed E-state index contributed by atoms with van der Waals surface area (Å²) in [6, 6.07) is 5.33. The second-order valence-electron chi connectivity index (χ2n) is 3.50. The third kappa shape index (κ3) is 1.50. The summed E-state index contributed by atoms with van der Waals surface area (Å²) >= 11 is 3.31. The first-order valence-electron chi connectivity index (χ1n) is 4.52. The van der Waals surface area contributed by atoms with Gasteiger partial charge in [-0.1, -0.05) is 22.0 Å². The molecular weight excluding hydrogens is 258 g/mol. The maximum atomic E-state index is 11.6. The molecule has 0 aromatic heterocycles. The summed E-state index contributed by atoms with van der Waals surface area (Å²) in [6.07, 6.45) is 1.75. The first kappa shape index (κ1) is 10.4. The van der Waals surface area contributed by atoms with Crippen molar-refractivity contribution in [2.45, 2.75) is 12.0 Å². The van der Waals surface area contributed by atoms with Crippen molar-refractivity contribution in [1.82, 2.24) is 0 Å². The summed E-state index contributed by atoms with van der Waals surface area (Å²) in [4.78, 5) is 11.6. The van der Waals surface area contributed by atoms with E-state index >= 15 is 0 Å². The van der Waals surface area contributed by atoms with Crippen molar-refractivity contribution >= 4 is 27.5 Å². The molecule has 1 aliphatic rings. The monoisotopic (exact) mass is 267 g/mol. The number of fused-ring (bicyclic) bond motifs is 1. The van der Waals surface area contributed by atoms with Crippen LogP contribution in [0.2, 0.25) is 0 Å². The third-order valence-electron chi connectivity index (χ3n) is 2.49. The first-order valence-corrected chi connectivity index (χ1v) is 5.32. The van der Waals surface area contributed by atoms with E-state index in [1.807, 2.05) is 6.07 Å². The highest BCUT2D eigenvalue weighted by Crippen LogP contribution is 2.39. The number of nitrogens with one attached hydrogen (secondary N) is 1. The lowest BCUT2D eigenvalue weighted by atomic mass is 9.92. The number of hydrogen-bond donors (Lipinski definition) is 2. The fourth-order valence-corrected chi connectivity index (χ4v) is 2.09. The van der Waals surface area contributed by atoms with Gasteiger partial charge in [-0.2, -0.15) is 0 Å². The van der Waals surface area contributed by atoms with E-state index in [4.69, 9.17) is 0 Å². The van der Waals surface area contributed by atoms with E-state index in [-0.39, 0.29) is 6.42 Å². The van der Waals surface area contributed by atoms with Crippen LogP contribution in [-0.2, 0) is 10.4 Å². The number of amides is 1. The predicted octanol–water partition coefficient (Wildman–Crippen LogP) is 2.16. The Morgan fingerprint density at radius 2 is 2.33 bits per heavy atom. The minimum Gasteiger partial charge on any atom is -0.375 e. The minimum atomic E-state index is -1.47. The van der Waals surface area contributed by atoms with Crippen LogP contribution >= 0.6 is 15.9 Å². The second kappa shape index (κ2) is 3.47. The van der Waals surface area contributed by atoms with Crippen LogP contribution in [0, 0.1) is 0 Å². The summed E-state index contributed by atoms with van der Waals surface area (Å²) in [7, 11) is 0. The highest BCUT2D eigenvalue weighted by atomic mass is 79.9. The smallest absolute Gasteiger partial charge is 0.261 e. The largest absolute Gasteiger partial charge is 0.375 e. The molecule has 1 aromatic rings. The van der Waals surface area contributed by atoms with Crippen LogP contribution in [0.1, 0.15) is 12.0 Å². The van der Waals surface area contributed by atoms with E-state index in [0.717, 1.165) is 4.47 Å². The topological polar surface area (TPSA) is 49.3 Å². The number of anilines is 1. The van der Waals surface area contributed by atoms with Gasteiger partial charge >= 0.3 is 0 Å². The van der Waals surface area contributed by atoms with Gasteiger partial charge in [0.1, 0.15) is 0 Å². The van der Waals surface area contributed by atoms with Gasteiger partial charge in [-0.15, -0.1) is 6.58 Å². The second-order valence-corrected chi connectivity index (χ2v) is 4.41. The van der Waals surface area contributed by atoms with E-state index in [0.29, 0.717) is 11.3 Å². The van der Waals surface area contributed by atoms with E-state index in [2.05, 4.69) is 27.8 Å². The number of benzene rings is 1. The molecule has 15 heavy (non-hydrogen) atoms. The number of halogens is 1. The number of carbonyl (C=O) groups excluding carboxylic acids is 1. The van der Waals surface area contributed by atoms with Gasteiger partial charge in [0.05, 0.1) is 0 Å². The van der Waals surface area contributed by atoms with E-state index in [9.17, 15) is 9.90 Å². The number of carbonyl (C=O) groups is 1. The van der Waals surface area contributed by atoms with Gasteiger partial charge in [0.15, 0.2) is 5.60 Å². The SMILES string of the molecule is C=CC[C@]1(O)C(=O)Nc2ccc(Br)cc21. The summed E-state index contributed by atoms with van der Waals surface area (Å²) in [6.45, 7) is 3.55. The maximum absolute atomic E-state index is 11.6. The highest BCUT2D eigenvalue weighted by Gasteiger charge is 2.44. The molecule has 0 bridgehead atoms. The van der Waals surface area contributed by atoms with Gasteiger partial charge in [0.2, 0.25) is 0 Å². The van der Waals surface area contributed by atoms with Gasteiger partial charge in [0.25, 0.3) is 5.91 Å². The van der Waals surface area contributed by atoms with Crippen molar-refractivity contribution in [2.75, 3.05) is 5.32 Å². The van der Waals surface area contributed by atoms with E-state index < -0.39 is 11.5 Å². The van der Waals surface area contributed by atoms with E-state index in [1.165, 1.54) is 6.08 Å². The van der Waals surface area contributed by atoms with Crippen LogP contribution in [0.25, 0.3) is 0 Å². The van der Waals surface area contributed by atoms with Crippen LogP contribution in [0.4, 0.5) is 5.69 Å². The van der Waals surface area contributed by atoms with Crippen molar-refractivity contribution < 1.29 is 9.90 Å². The van der Waals surface area contributed by atoms with Crippen LogP contribution < -0.4 is 5.32 Å². The molecule has 3 nitrogen and oxygen atoms in total. The molecule has 0 fully saturated rings. The fraction of sp³-hybridized carbons (Fsp3) is 0.182. The Morgan fingerprint density at radius 1 is 1.60 bits per heavy atom. The summed E-state index contributed by atoms with van der Waals surface area (Å²) in [5, 5.41) is 12.9. The average molecular weight is 268 g/mol. The summed E-state index contributed by atoms with van der Waals surface area (Å²) < 4.78 is 0.834. The van der Waals surface area contributed by atoms with Crippen molar-refractivity contribution in [3.8, 4) is 0 Å². The minimum absolute atomic E-state index is 0.211. The Morgan fingerprint density at radius 3 is 3.00 bits per heavy atom. The number of hydrogen-bond acceptors (Lipinski definition) is 2. The van der Waals surface area contributed by atoms with Crippen LogP contribution in [0.15, 0.2) is 35.3 Å². The van der Waals surface area contributed by atoms with Crippen LogP contribution in [0.5, 0.6) is 0 Å². The zero-order valence-electron chi connectivity index (χ0n) is 7.96. The third-order valence-corrected chi connectivity index (χ3v) is 2.98. The van der Waals surface area contributed by atoms with Crippen LogP contribution in [0.3, 0.4) is 0 Å². The Hall–Kier alpha value is -1.13. The van der Waals surface area contributed by atoms with Crippen molar-refractivity contribution in [2.24, 2.45) is 0 Å². The Kier molecular flexibility index (Phi) is 2.40. The standard InChI is InChI=1S/C11H10BrNO2/c1-2-5-11(15)8-6-7(12)3-4-9(8)13-10(11)14/h2-4,6,15H,1,5H2,(H,13,14)/t11-/m1/s1. The molecule has 0 saturated heterocycles. The lowest BCUT2D eigenvalue weighted by molar-refractivity contribution is -0.133. The molecule has 1 aliphatic heterocycles. The zero-order valence-corrected chi connectivity index (χ0v) is 9.54. The maximum Gasteiger partial charge on any atom is 0.261 e. The Labute approximate surface area is 95.9 Å². The van der Waals surface area contributed by atoms with Crippen molar-refractivity contribution in [1.29, 1.82) is 0 Å². The Bertz CT molecular complexity index is 444. The van der Waals surface area contributed by atoms with Crippen molar-refractivity contribution in [3.05, 3.63) is 40.9 Å². The average Bonchev–Trinajstić information content (AvgIpc) is 2.42. The molecule has 1 atom stereocenters. The lowest BCUT2D eigenvalue weighted by Gasteiger charge is -2.18. The predicted molar refractivity (Wildman–Crippen MR) is 61.5 cm³/mol. The molecule has 1 amide bonds. The molecule has 0 saturated carbocycles. The summed E-state index contributed by atoms with van der Waals surface area (Å²) in [5.74, 6) is -0.393. The molecule has 0 unspecified atom stereocenters. The molecule has 1 heterocycles. The van der Waals surface area contributed by atoms with Gasteiger partial charge < -0.3 is 10.4 Å². The number of aliphatic hydroxyl groups is 1. The Balaban J connectivity index is 2.57. The summed E-state index contributed by atoms with van der Waals surface area (Å²) in [5.41, 5.74) is -0.213. The van der Waals surface area contributed by atoms with Crippen molar-refractivity contribution in [3.63, 3.8) is 0 Å². The molecule has 2 rings (SSSR count). The number of rotatable bonds is 2. The molecule has 1 aromatic carbocycles. The highest BCUT2D eigenvalue weighted by molar-refractivity contribution is 9.10. The molecule has 2 N–H and O–H groups in total. The van der Waals surface area contributed by atoms with Crippen LogP contribution in [-0.4, -0.2) is 11.0 Å². The van der Waals surface area contributed by atoms with Gasteiger partial charge in [0, 0.05) is 22.1 Å². The first-order chi connectivity index (χ1) is 7.08. The molecule has 0 spiro atoms. The molecule has 4 heteroatoms. The quantitative estimate of drug-likeness (QED) is 0.807. The van der Waals surface area contributed by atoms with E-state index in [1.54, 1.807) is 12.1 Å². The molecule has 0 aliphatic carbocycles. The normalized spacial score (nSPS) is 23.5. The van der Waals surface area contributed by atoms with Gasteiger partial charge in [-0.3, -0.25) is 4.79 Å². The van der Waals surface area contributed by atoms with Gasteiger partial charge in [-0.05, 0) is 18.2 Å². The van der Waals surface area contributed by atoms with Gasteiger partial charge in [-0.25, -0.2) is 0 Å².